The largest absolute Gasteiger partial charge is 0.357 e. The first-order valence-electron chi connectivity index (χ1n) is 9.96. The summed E-state index contributed by atoms with van der Waals surface area (Å²) in [7, 11) is -3.00. The van der Waals surface area contributed by atoms with Gasteiger partial charge in [0.15, 0.2) is 11.6 Å². The van der Waals surface area contributed by atoms with E-state index in [9.17, 15) is 35.6 Å². The molecule has 33 heavy (non-hydrogen) atoms. The Morgan fingerprint density at radius 3 is 2.21 bits per heavy atom. The van der Waals surface area contributed by atoms with Crippen molar-refractivity contribution in [2.45, 2.75) is 23.8 Å². The minimum absolute atomic E-state index is 0.0307. The van der Waals surface area contributed by atoms with E-state index in [2.05, 4.69) is 10.6 Å². The van der Waals surface area contributed by atoms with E-state index < -0.39 is 62.0 Å². The van der Waals surface area contributed by atoms with Crippen LogP contribution in [0.15, 0.2) is 41.3 Å². The van der Waals surface area contributed by atoms with Gasteiger partial charge in [0.2, 0.25) is 21.8 Å². The van der Waals surface area contributed by atoms with Crippen LogP contribution in [0.2, 0.25) is 0 Å². The Balaban J connectivity index is 1.70. The minimum Gasteiger partial charge on any atom is -0.357 e. The van der Waals surface area contributed by atoms with Crippen molar-refractivity contribution < 1.29 is 35.6 Å². The van der Waals surface area contributed by atoms with Crippen LogP contribution in [0.5, 0.6) is 0 Å². The van der Waals surface area contributed by atoms with Crippen molar-refractivity contribution >= 4 is 21.8 Å². The van der Waals surface area contributed by atoms with Gasteiger partial charge in [-0.2, -0.15) is 4.31 Å². The first-order valence-corrected chi connectivity index (χ1v) is 11.4. The zero-order valence-corrected chi connectivity index (χ0v) is 18.3. The normalized spacial score (nSPS) is 16.3. The maximum Gasteiger partial charge on any atom is 0.246 e. The lowest BCUT2D eigenvalue weighted by atomic mass is 9.96. The third-order valence-electron chi connectivity index (χ3n) is 5.41. The molecule has 2 aromatic rings. The first-order chi connectivity index (χ1) is 15.5. The summed E-state index contributed by atoms with van der Waals surface area (Å²) in [5.41, 5.74) is 0.0307. The van der Waals surface area contributed by atoms with Crippen LogP contribution in [-0.2, 0) is 19.6 Å². The maximum absolute atomic E-state index is 14.0. The summed E-state index contributed by atoms with van der Waals surface area (Å²) in [6.45, 7) is -0.265. The molecule has 7 nitrogen and oxygen atoms in total. The summed E-state index contributed by atoms with van der Waals surface area (Å²) in [4.78, 5) is 24.2. The molecule has 1 aliphatic heterocycles. The molecule has 0 aliphatic carbocycles. The van der Waals surface area contributed by atoms with Crippen molar-refractivity contribution in [1.29, 1.82) is 0 Å². The third-order valence-corrected chi connectivity index (χ3v) is 7.32. The highest BCUT2D eigenvalue weighted by atomic mass is 32.2. The number of halogens is 4. The van der Waals surface area contributed by atoms with Crippen molar-refractivity contribution in [1.82, 2.24) is 14.9 Å². The van der Waals surface area contributed by atoms with Crippen molar-refractivity contribution in [3.05, 3.63) is 65.2 Å². The first kappa shape index (κ1) is 24.6. The molecule has 1 saturated heterocycles. The Morgan fingerprint density at radius 1 is 0.970 bits per heavy atom. The van der Waals surface area contributed by atoms with E-state index >= 15 is 0 Å². The van der Waals surface area contributed by atoms with Crippen LogP contribution in [-0.4, -0.2) is 44.7 Å². The van der Waals surface area contributed by atoms with Crippen LogP contribution < -0.4 is 10.6 Å². The molecule has 2 N–H and O–H groups in total. The molecule has 1 heterocycles. The predicted octanol–water partition coefficient (Wildman–Crippen LogP) is 2.25. The van der Waals surface area contributed by atoms with Gasteiger partial charge in [-0.25, -0.2) is 26.0 Å². The number of likely N-dealkylation sites (N-methyl/N-ethyl adjacent to an activating group) is 1. The fourth-order valence-electron chi connectivity index (χ4n) is 3.57. The number of nitrogens with zero attached hydrogens (tertiary/aromatic N) is 1. The van der Waals surface area contributed by atoms with E-state index in [4.69, 9.17) is 0 Å². The average Bonchev–Trinajstić information content (AvgIpc) is 2.80. The van der Waals surface area contributed by atoms with Gasteiger partial charge in [0.1, 0.15) is 22.6 Å². The zero-order chi connectivity index (χ0) is 24.3. The summed E-state index contributed by atoms with van der Waals surface area (Å²) in [5, 5.41) is 4.82. The van der Waals surface area contributed by atoms with Gasteiger partial charge in [-0.05, 0) is 48.7 Å². The Bertz CT molecular complexity index is 1170. The molecule has 178 valence electrons. The second-order valence-corrected chi connectivity index (χ2v) is 9.39. The van der Waals surface area contributed by atoms with Gasteiger partial charge < -0.3 is 10.6 Å². The highest BCUT2D eigenvalue weighted by Gasteiger charge is 2.35. The molecule has 1 aliphatic rings. The Kier molecular flexibility index (Phi) is 7.38. The van der Waals surface area contributed by atoms with E-state index in [0.29, 0.717) is 6.07 Å². The van der Waals surface area contributed by atoms with Crippen LogP contribution in [0.3, 0.4) is 0 Å². The SMILES string of the molecule is CNC(=O)C(NC(=O)C1CCN(S(=O)(=O)c2cc(F)ccc2F)CC1)c1ccc(F)c(F)c1. The molecular weight excluding hydrogens is 466 g/mol. The highest BCUT2D eigenvalue weighted by Crippen LogP contribution is 2.27. The Labute approximate surface area is 187 Å². The van der Waals surface area contributed by atoms with Gasteiger partial charge in [-0.1, -0.05) is 6.07 Å². The third kappa shape index (κ3) is 5.33. The standard InChI is InChI=1S/C21H21F4N3O4S/c1-26-21(30)19(13-2-4-15(23)17(25)10-13)27-20(29)12-6-8-28(9-7-12)33(31,32)18-11-14(22)3-5-16(18)24/h2-5,10-12,19H,6-9H2,1H3,(H,26,30)(H,27,29). The van der Waals surface area contributed by atoms with Gasteiger partial charge in [0.25, 0.3) is 0 Å². The lowest BCUT2D eigenvalue weighted by Crippen LogP contribution is -2.46. The van der Waals surface area contributed by atoms with Crippen LogP contribution in [0.4, 0.5) is 17.6 Å². The van der Waals surface area contributed by atoms with Crippen LogP contribution in [0.1, 0.15) is 24.4 Å². The molecule has 0 aromatic heterocycles. The van der Waals surface area contributed by atoms with Crippen molar-refractivity contribution in [3.8, 4) is 0 Å². The quantitative estimate of drug-likeness (QED) is 0.611. The predicted molar refractivity (Wildman–Crippen MR) is 109 cm³/mol. The summed E-state index contributed by atoms with van der Waals surface area (Å²) >= 11 is 0. The topological polar surface area (TPSA) is 95.6 Å². The monoisotopic (exact) mass is 487 g/mol. The van der Waals surface area contributed by atoms with Crippen LogP contribution >= 0.6 is 0 Å². The van der Waals surface area contributed by atoms with Gasteiger partial charge in [0, 0.05) is 26.1 Å². The zero-order valence-electron chi connectivity index (χ0n) is 17.4. The second-order valence-electron chi connectivity index (χ2n) is 7.48. The molecule has 0 saturated carbocycles. The number of hydrogen-bond acceptors (Lipinski definition) is 4. The van der Waals surface area contributed by atoms with Gasteiger partial charge in [-0.3, -0.25) is 9.59 Å². The van der Waals surface area contributed by atoms with Crippen molar-refractivity contribution in [2.24, 2.45) is 5.92 Å². The molecule has 0 bridgehead atoms. The molecule has 1 fully saturated rings. The van der Waals surface area contributed by atoms with Crippen molar-refractivity contribution in [2.75, 3.05) is 20.1 Å². The van der Waals surface area contributed by atoms with E-state index in [1.165, 1.54) is 13.1 Å². The van der Waals surface area contributed by atoms with E-state index in [1.54, 1.807) is 0 Å². The Hall–Kier alpha value is -2.99. The maximum atomic E-state index is 14.0. The lowest BCUT2D eigenvalue weighted by molar-refractivity contribution is -0.131. The molecule has 3 rings (SSSR count). The number of piperidine rings is 1. The fraction of sp³-hybridized carbons (Fsp3) is 0.333. The Morgan fingerprint density at radius 2 is 1.61 bits per heavy atom. The number of rotatable bonds is 6. The van der Waals surface area contributed by atoms with Gasteiger partial charge in [-0.15, -0.1) is 0 Å². The van der Waals surface area contributed by atoms with Gasteiger partial charge in [0.05, 0.1) is 0 Å². The smallest absolute Gasteiger partial charge is 0.246 e. The minimum atomic E-state index is -4.31. The average molecular weight is 487 g/mol. The number of nitrogens with one attached hydrogen (secondary N) is 2. The van der Waals surface area contributed by atoms with Gasteiger partial charge >= 0.3 is 0 Å². The van der Waals surface area contributed by atoms with Crippen LogP contribution in [0, 0.1) is 29.2 Å². The fourth-order valence-corrected chi connectivity index (χ4v) is 5.11. The molecule has 2 amide bonds. The molecule has 12 heteroatoms. The summed E-state index contributed by atoms with van der Waals surface area (Å²) in [6, 6.07) is 3.64. The molecule has 1 atom stereocenters. The summed E-state index contributed by atoms with van der Waals surface area (Å²) in [6.07, 6.45) is 0.112. The molecule has 2 aromatic carbocycles. The van der Waals surface area contributed by atoms with E-state index in [1.807, 2.05) is 0 Å². The molecule has 0 radical (unpaired) electrons. The molecule has 0 spiro atoms. The number of hydrogen-bond donors (Lipinski definition) is 2. The summed E-state index contributed by atoms with van der Waals surface area (Å²) in [5.74, 6) is -6.20. The number of benzene rings is 2. The highest BCUT2D eigenvalue weighted by molar-refractivity contribution is 7.89. The lowest BCUT2D eigenvalue weighted by Gasteiger charge is -2.31. The number of amides is 2. The number of carbonyl (C=O) groups excluding carboxylic acids is 2. The van der Waals surface area contributed by atoms with Crippen LogP contribution in [0.25, 0.3) is 0 Å². The van der Waals surface area contributed by atoms with E-state index in [0.717, 1.165) is 28.6 Å². The number of sulfonamides is 1. The number of carbonyl (C=O) groups is 2. The van der Waals surface area contributed by atoms with Crippen molar-refractivity contribution in [3.63, 3.8) is 0 Å². The molecular formula is C21H21F4N3O4S. The van der Waals surface area contributed by atoms with E-state index in [-0.39, 0.29) is 31.5 Å². The summed E-state index contributed by atoms with van der Waals surface area (Å²) < 4.78 is 80.6. The molecule has 1 unspecified atom stereocenters. The second kappa shape index (κ2) is 9.87.